The van der Waals surface area contributed by atoms with Gasteiger partial charge in [-0.1, -0.05) is 13.3 Å². The fourth-order valence-corrected chi connectivity index (χ4v) is 1.81. The Morgan fingerprint density at radius 1 is 1.62 bits per heavy atom. The maximum Gasteiger partial charge on any atom is 0.337 e. The lowest BCUT2D eigenvalue weighted by Gasteiger charge is -2.35. The second-order valence-electron chi connectivity index (χ2n) is 3.59. The summed E-state index contributed by atoms with van der Waals surface area (Å²) in [4.78, 5) is 10.9. The van der Waals surface area contributed by atoms with E-state index >= 15 is 0 Å². The van der Waals surface area contributed by atoms with Gasteiger partial charge in [0.15, 0.2) is 5.60 Å². The normalized spacial score (nSPS) is 28.0. The van der Waals surface area contributed by atoms with Crippen LogP contribution < -0.4 is 5.32 Å². The van der Waals surface area contributed by atoms with Gasteiger partial charge in [0.2, 0.25) is 0 Å². The number of rotatable bonds is 3. The molecule has 0 bridgehead atoms. The molecule has 1 aliphatic heterocycles. The number of aliphatic hydroxyl groups is 1. The molecule has 4 nitrogen and oxygen atoms in total. The third kappa shape index (κ3) is 2.00. The van der Waals surface area contributed by atoms with Crippen LogP contribution in [0.5, 0.6) is 0 Å². The highest BCUT2D eigenvalue weighted by Crippen LogP contribution is 2.22. The minimum Gasteiger partial charge on any atom is -0.479 e. The third-order valence-electron chi connectivity index (χ3n) is 2.80. The highest BCUT2D eigenvalue weighted by Gasteiger charge is 2.42. The monoisotopic (exact) mass is 187 g/mol. The number of nitrogens with one attached hydrogen (secondary N) is 1. The van der Waals surface area contributed by atoms with Gasteiger partial charge in [0.05, 0.1) is 0 Å². The molecule has 13 heavy (non-hydrogen) atoms. The lowest BCUT2D eigenvalue weighted by Crippen LogP contribution is -2.57. The molecule has 2 atom stereocenters. The van der Waals surface area contributed by atoms with Crippen molar-refractivity contribution in [2.45, 2.75) is 44.2 Å². The topological polar surface area (TPSA) is 69.6 Å². The van der Waals surface area contributed by atoms with Crippen molar-refractivity contribution in [3.8, 4) is 0 Å². The summed E-state index contributed by atoms with van der Waals surface area (Å²) in [6.45, 7) is 2.50. The zero-order valence-electron chi connectivity index (χ0n) is 7.92. The van der Waals surface area contributed by atoms with Gasteiger partial charge in [-0.2, -0.15) is 0 Å². The fourth-order valence-electron chi connectivity index (χ4n) is 1.81. The van der Waals surface area contributed by atoms with Gasteiger partial charge in [-0.15, -0.1) is 0 Å². The van der Waals surface area contributed by atoms with Crippen molar-refractivity contribution in [2.24, 2.45) is 0 Å². The maximum absolute atomic E-state index is 10.9. The molecule has 0 saturated carbocycles. The average Bonchev–Trinajstić information content (AvgIpc) is 2.17. The van der Waals surface area contributed by atoms with Crippen molar-refractivity contribution in [3.05, 3.63) is 0 Å². The van der Waals surface area contributed by atoms with Crippen molar-refractivity contribution in [3.63, 3.8) is 0 Å². The number of carboxylic acids is 1. The molecule has 0 amide bonds. The minimum absolute atomic E-state index is 0.250. The summed E-state index contributed by atoms with van der Waals surface area (Å²) in [6, 6.07) is -0.288. The molecular formula is C9H17NO3. The predicted molar refractivity (Wildman–Crippen MR) is 48.5 cm³/mol. The Balaban J connectivity index is 2.68. The Morgan fingerprint density at radius 3 is 2.69 bits per heavy atom. The molecule has 1 heterocycles. The van der Waals surface area contributed by atoms with Crippen LogP contribution in [-0.2, 0) is 4.79 Å². The van der Waals surface area contributed by atoms with E-state index in [9.17, 15) is 9.90 Å². The van der Waals surface area contributed by atoms with Gasteiger partial charge in [-0.05, 0) is 25.8 Å². The fraction of sp³-hybridized carbons (Fsp3) is 0.889. The molecule has 0 aromatic carbocycles. The Kier molecular flexibility index (Phi) is 3.27. The van der Waals surface area contributed by atoms with Crippen molar-refractivity contribution in [1.82, 2.24) is 5.32 Å². The van der Waals surface area contributed by atoms with Crippen LogP contribution in [0.15, 0.2) is 0 Å². The predicted octanol–water partition coefficient (Wildman–Crippen LogP) is 0.354. The standard InChI is InChI=1S/C9H17NO3/c1-2-9(13,8(11)12)7-5-3-4-6-10-7/h7,10,13H,2-6H2,1H3,(H,11,12)/t7-,9-/m1/s1. The van der Waals surface area contributed by atoms with E-state index in [1.807, 2.05) is 0 Å². The summed E-state index contributed by atoms with van der Waals surface area (Å²) >= 11 is 0. The Labute approximate surface area is 78.0 Å². The molecule has 0 aromatic heterocycles. The molecule has 0 aromatic rings. The van der Waals surface area contributed by atoms with E-state index < -0.39 is 11.6 Å². The van der Waals surface area contributed by atoms with Gasteiger partial charge in [0.25, 0.3) is 0 Å². The van der Waals surface area contributed by atoms with Gasteiger partial charge in [-0.3, -0.25) is 0 Å². The van der Waals surface area contributed by atoms with E-state index in [0.717, 1.165) is 25.8 Å². The number of hydrogen-bond acceptors (Lipinski definition) is 3. The van der Waals surface area contributed by atoms with Gasteiger partial charge >= 0.3 is 5.97 Å². The van der Waals surface area contributed by atoms with Gasteiger partial charge < -0.3 is 15.5 Å². The summed E-state index contributed by atoms with van der Waals surface area (Å²) in [7, 11) is 0. The summed E-state index contributed by atoms with van der Waals surface area (Å²) in [5, 5.41) is 21.8. The number of piperidine rings is 1. The van der Waals surface area contributed by atoms with E-state index in [4.69, 9.17) is 5.11 Å². The molecule has 1 saturated heterocycles. The second-order valence-corrected chi connectivity index (χ2v) is 3.59. The third-order valence-corrected chi connectivity index (χ3v) is 2.80. The Bertz CT molecular complexity index is 189. The first-order chi connectivity index (χ1) is 6.11. The number of carbonyl (C=O) groups is 1. The summed E-state index contributed by atoms with van der Waals surface area (Å²) in [6.07, 6.45) is 3.06. The van der Waals surface area contributed by atoms with E-state index in [-0.39, 0.29) is 12.5 Å². The van der Waals surface area contributed by atoms with Crippen LogP contribution in [0.2, 0.25) is 0 Å². The van der Waals surface area contributed by atoms with E-state index in [1.54, 1.807) is 6.92 Å². The molecule has 0 unspecified atom stereocenters. The van der Waals surface area contributed by atoms with E-state index in [2.05, 4.69) is 5.32 Å². The second kappa shape index (κ2) is 4.07. The molecule has 1 fully saturated rings. The Hall–Kier alpha value is -0.610. The average molecular weight is 187 g/mol. The molecule has 0 radical (unpaired) electrons. The maximum atomic E-state index is 10.9. The first kappa shape index (κ1) is 10.5. The molecular weight excluding hydrogens is 170 g/mol. The van der Waals surface area contributed by atoms with Crippen molar-refractivity contribution in [1.29, 1.82) is 0 Å². The van der Waals surface area contributed by atoms with Crippen LogP contribution in [0.4, 0.5) is 0 Å². The highest BCUT2D eigenvalue weighted by molar-refractivity contribution is 5.78. The van der Waals surface area contributed by atoms with Crippen LogP contribution in [-0.4, -0.2) is 34.4 Å². The zero-order valence-corrected chi connectivity index (χ0v) is 7.92. The molecule has 76 valence electrons. The van der Waals surface area contributed by atoms with Crippen LogP contribution in [0.25, 0.3) is 0 Å². The first-order valence-electron chi connectivity index (χ1n) is 4.80. The smallest absolute Gasteiger partial charge is 0.337 e. The van der Waals surface area contributed by atoms with Crippen LogP contribution in [0.1, 0.15) is 32.6 Å². The number of aliphatic carboxylic acids is 1. The first-order valence-corrected chi connectivity index (χ1v) is 4.80. The van der Waals surface area contributed by atoms with Crippen molar-refractivity contribution in [2.75, 3.05) is 6.54 Å². The Morgan fingerprint density at radius 2 is 2.31 bits per heavy atom. The minimum atomic E-state index is -1.58. The van der Waals surface area contributed by atoms with Crippen molar-refractivity contribution >= 4 is 5.97 Å². The quantitative estimate of drug-likeness (QED) is 0.596. The number of carboxylic acid groups (broad SMARTS) is 1. The zero-order chi connectivity index (χ0) is 9.90. The molecule has 0 spiro atoms. The summed E-state index contributed by atoms with van der Waals surface area (Å²) in [5.74, 6) is -1.12. The molecule has 4 heteroatoms. The highest BCUT2D eigenvalue weighted by atomic mass is 16.4. The number of hydrogen-bond donors (Lipinski definition) is 3. The molecule has 1 rings (SSSR count). The van der Waals surface area contributed by atoms with Gasteiger partial charge in [0, 0.05) is 6.04 Å². The van der Waals surface area contributed by atoms with E-state index in [0.29, 0.717) is 0 Å². The molecule has 1 aliphatic rings. The van der Waals surface area contributed by atoms with Gasteiger partial charge in [-0.25, -0.2) is 4.79 Å². The lowest BCUT2D eigenvalue weighted by atomic mass is 9.86. The summed E-state index contributed by atoms with van der Waals surface area (Å²) in [5.41, 5.74) is -1.58. The lowest BCUT2D eigenvalue weighted by molar-refractivity contribution is -0.163. The van der Waals surface area contributed by atoms with Crippen LogP contribution in [0.3, 0.4) is 0 Å². The van der Waals surface area contributed by atoms with Crippen molar-refractivity contribution < 1.29 is 15.0 Å². The SMILES string of the molecule is CC[C@](O)(C(=O)O)[C@H]1CCCCN1. The van der Waals surface area contributed by atoms with Crippen LogP contribution in [0, 0.1) is 0 Å². The molecule has 3 N–H and O–H groups in total. The van der Waals surface area contributed by atoms with Gasteiger partial charge in [0.1, 0.15) is 0 Å². The van der Waals surface area contributed by atoms with E-state index in [1.165, 1.54) is 0 Å². The largest absolute Gasteiger partial charge is 0.479 e. The summed E-state index contributed by atoms with van der Waals surface area (Å²) < 4.78 is 0. The van der Waals surface area contributed by atoms with Crippen LogP contribution >= 0.6 is 0 Å². The molecule has 0 aliphatic carbocycles.